The molecule has 2 aromatic rings. The van der Waals surface area contributed by atoms with Crippen LogP contribution in [0, 0.1) is 5.92 Å². The van der Waals surface area contributed by atoms with Crippen LogP contribution in [0.2, 0.25) is 0 Å². The molecule has 0 aromatic heterocycles. The van der Waals surface area contributed by atoms with Gasteiger partial charge in [-0.2, -0.15) is 0 Å². The first-order valence-electron chi connectivity index (χ1n) is 8.87. The Balaban J connectivity index is 1.57. The number of nitrogens with zero attached hydrogens (tertiary/aromatic N) is 2. The van der Waals surface area contributed by atoms with Gasteiger partial charge >= 0.3 is 0 Å². The minimum Gasteiger partial charge on any atom is -0.341 e. The predicted octanol–water partition coefficient (Wildman–Crippen LogP) is 4.32. The Morgan fingerprint density at radius 3 is 2.68 bits per heavy atom. The summed E-state index contributed by atoms with van der Waals surface area (Å²) < 4.78 is 1.11. The van der Waals surface area contributed by atoms with Crippen LogP contribution in [0.1, 0.15) is 24.0 Å². The zero-order valence-corrected chi connectivity index (χ0v) is 16.3. The van der Waals surface area contributed by atoms with Crippen molar-refractivity contribution in [1.82, 2.24) is 9.80 Å². The van der Waals surface area contributed by atoms with Crippen LogP contribution in [0.15, 0.2) is 59.1 Å². The maximum atomic E-state index is 12.8. The fraction of sp³-hybridized carbons (Fsp3) is 0.381. The van der Waals surface area contributed by atoms with Crippen molar-refractivity contribution in [2.24, 2.45) is 5.92 Å². The van der Waals surface area contributed by atoms with Gasteiger partial charge in [-0.15, -0.1) is 0 Å². The van der Waals surface area contributed by atoms with Crippen molar-refractivity contribution < 1.29 is 4.79 Å². The smallest absolute Gasteiger partial charge is 0.227 e. The van der Waals surface area contributed by atoms with E-state index in [1.54, 1.807) is 0 Å². The quantitative estimate of drug-likeness (QED) is 0.745. The molecule has 4 heteroatoms. The average Bonchev–Trinajstić information content (AvgIpc) is 2.62. The number of carbonyl (C=O) groups excluding carboxylic acids is 1. The highest BCUT2D eigenvalue weighted by molar-refractivity contribution is 9.10. The summed E-state index contributed by atoms with van der Waals surface area (Å²) >= 11 is 3.53. The van der Waals surface area contributed by atoms with E-state index in [4.69, 9.17) is 0 Å². The lowest BCUT2D eigenvalue weighted by molar-refractivity contribution is -0.136. The number of hydrogen-bond acceptors (Lipinski definition) is 2. The Labute approximate surface area is 158 Å². The molecule has 0 aliphatic carbocycles. The lowest BCUT2D eigenvalue weighted by Gasteiger charge is -2.34. The first-order valence-corrected chi connectivity index (χ1v) is 9.67. The lowest BCUT2D eigenvalue weighted by Crippen LogP contribution is -2.43. The summed E-state index contributed by atoms with van der Waals surface area (Å²) in [5, 5.41) is 0. The van der Waals surface area contributed by atoms with E-state index in [-0.39, 0.29) is 11.8 Å². The monoisotopic (exact) mass is 400 g/mol. The molecule has 0 bridgehead atoms. The molecule has 0 spiro atoms. The van der Waals surface area contributed by atoms with Crippen LogP contribution in [0.25, 0.3) is 0 Å². The van der Waals surface area contributed by atoms with Gasteiger partial charge in [0.1, 0.15) is 0 Å². The molecule has 3 rings (SSSR count). The second-order valence-electron chi connectivity index (χ2n) is 6.88. The summed E-state index contributed by atoms with van der Waals surface area (Å²) in [5.41, 5.74) is 2.47. The third-order valence-electron chi connectivity index (χ3n) is 4.79. The van der Waals surface area contributed by atoms with Gasteiger partial charge in [-0.25, -0.2) is 0 Å². The van der Waals surface area contributed by atoms with Crippen LogP contribution in [0.5, 0.6) is 0 Å². The molecule has 1 fully saturated rings. The molecule has 1 amide bonds. The van der Waals surface area contributed by atoms with E-state index in [1.165, 1.54) is 11.1 Å². The number of hydrogen-bond donors (Lipinski definition) is 0. The standard InChI is InChI=1S/C21H25BrN2O/c1-23(14-17-7-3-2-4-8-17)21(25)19-10-6-12-24(16-19)15-18-9-5-11-20(22)13-18/h2-5,7-9,11,13,19H,6,10,12,14-16H2,1H3/t19-/m0/s1. The summed E-state index contributed by atoms with van der Waals surface area (Å²) in [6.45, 7) is 3.51. The normalized spacial score (nSPS) is 18.1. The molecule has 0 radical (unpaired) electrons. The number of amides is 1. The van der Waals surface area contributed by atoms with E-state index in [2.05, 4.69) is 51.2 Å². The molecule has 0 unspecified atom stereocenters. The molecule has 25 heavy (non-hydrogen) atoms. The third-order valence-corrected chi connectivity index (χ3v) is 5.28. The van der Waals surface area contributed by atoms with E-state index < -0.39 is 0 Å². The lowest BCUT2D eigenvalue weighted by atomic mass is 9.96. The van der Waals surface area contributed by atoms with Gasteiger partial charge in [0.2, 0.25) is 5.91 Å². The van der Waals surface area contributed by atoms with Crippen molar-refractivity contribution in [3.05, 3.63) is 70.2 Å². The largest absolute Gasteiger partial charge is 0.341 e. The topological polar surface area (TPSA) is 23.6 Å². The number of benzene rings is 2. The van der Waals surface area contributed by atoms with Crippen molar-refractivity contribution in [2.45, 2.75) is 25.9 Å². The number of likely N-dealkylation sites (tertiary alicyclic amines) is 1. The third kappa shape index (κ3) is 5.16. The van der Waals surface area contributed by atoms with Gasteiger partial charge in [-0.1, -0.05) is 58.4 Å². The SMILES string of the molecule is CN(Cc1ccccc1)C(=O)[C@H]1CCCN(Cc2cccc(Br)c2)C1. The molecular weight excluding hydrogens is 376 g/mol. The van der Waals surface area contributed by atoms with Crippen molar-refractivity contribution >= 4 is 21.8 Å². The molecule has 1 atom stereocenters. The molecule has 3 nitrogen and oxygen atoms in total. The highest BCUT2D eigenvalue weighted by Gasteiger charge is 2.28. The fourth-order valence-corrected chi connectivity index (χ4v) is 3.99. The maximum Gasteiger partial charge on any atom is 0.227 e. The van der Waals surface area contributed by atoms with Crippen LogP contribution < -0.4 is 0 Å². The molecule has 0 saturated carbocycles. The number of piperidine rings is 1. The number of rotatable bonds is 5. The van der Waals surface area contributed by atoms with Crippen molar-refractivity contribution in [3.63, 3.8) is 0 Å². The van der Waals surface area contributed by atoms with E-state index in [0.29, 0.717) is 6.54 Å². The molecule has 2 aromatic carbocycles. The average molecular weight is 401 g/mol. The Kier molecular flexibility index (Phi) is 6.27. The van der Waals surface area contributed by atoms with Crippen LogP contribution in [-0.4, -0.2) is 35.8 Å². The second-order valence-corrected chi connectivity index (χ2v) is 7.80. The Morgan fingerprint density at radius 2 is 1.92 bits per heavy atom. The molecular formula is C21H25BrN2O. The first kappa shape index (κ1) is 18.2. The Hall–Kier alpha value is -1.65. The molecule has 1 heterocycles. The summed E-state index contributed by atoms with van der Waals surface area (Å²) in [6, 6.07) is 18.6. The van der Waals surface area contributed by atoms with E-state index in [9.17, 15) is 4.79 Å². The molecule has 132 valence electrons. The molecule has 1 aliphatic rings. The van der Waals surface area contributed by atoms with Gasteiger partial charge in [-0.3, -0.25) is 9.69 Å². The summed E-state index contributed by atoms with van der Waals surface area (Å²) in [5.74, 6) is 0.373. The van der Waals surface area contributed by atoms with Crippen molar-refractivity contribution in [1.29, 1.82) is 0 Å². The van der Waals surface area contributed by atoms with Crippen LogP contribution in [0.3, 0.4) is 0 Å². The number of halogens is 1. The first-order chi connectivity index (χ1) is 12.1. The van der Waals surface area contributed by atoms with Crippen molar-refractivity contribution in [2.75, 3.05) is 20.1 Å². The highest BCUT2D eigenvalue weighted by atomic mass is 79.9. The maximum absolute atomic E-state index is 12.8. The van der Waals surface area contributed by atoms with Crippen molar-refractivity contribution in [3.8, 4) is 0 Å². The van der Waals surface area contributed by atoms with Gasteiger partial charge in [0.15, 0.2) is 0 Å². The van der Waals surface area contributed by atoms with E-state index in [0.717, 1.165) is 36.9 Å². The minimum atomic E-state index is 0.106. The molecule has 1 saturated heterocycles. The zero-order valence-electron chi connectivity index (χ0n) is 14.7. The summed E-state index contributed by atoms with van der Waals surface area (Å²) in [7, 11) is 1.92. The summed E-state index contributed by atoms with van der Waals surface area (Å²) in [4.78, 5) is 17.1. The molecule has 0 N–H and O–H groups in total. The Bertz CT molecular complexity index is 704. The minimum absolute atomic E-state index is 0.106. The van der Waals surface area contributed by atoms with Gasteiger partial charge < -0.3 is 4.90 Å². The Morgan fingerprint density at radius 1 is 1.16 bits per heavy atom. The predicted molar refractivity (Wildman–Crippen MR) is 105 cm³/mol. The van der Waals surface area contributed by atoms with E-state index in [1.807, 2.05) is 36.2 Å². The number of carbonyl (C=O) groups is 1. The highest BCUT2D eigenvalue weighted by Crippen LogP contribution is 2.22. The summed E-state index contributed by atoms with van der Waals surface area (Å²) in [6.07, 6.45) is 2.08. The van der Waals surface area contributed by atoms with Gasteiger partial charge in [0.05, 0.1) is 5.92 Å². The van der Waals surface area contributed by atoms with Gasteiger partial charge in [0, 0.05) is 31.2 Å². The molecule has 1 aliphatic heterocycles. The van der Waals surface area contributed by atoms with Gasteiger partial charge in [-0.05, 0) is 42.6 Å². The van der Waals surface area contributed by atoms with Crippen LogP contribution >= 0.6 is 15.9 Å². The van der Waals surface area contributed by atoms with Gasteiger partial charge in [0.25, 0.3) is 0 Å². The zero-order chi connectivity index (χ0) is 17.6. The second kappa shape index (κ2) is 8.63. The van der Waals surface area contributed by atoms with Crippen LogP contribution in [0.4, 0.5) is 0 Å². The fourth-order valence-electron chi connectivity index (χ4n) is 3.54. The van der Waals surface area contributed by atoms with Crippen LogP contribution in [-0.2, 0) is 17.9 Å². The van der Waals surface area contributed by atoms with E-state index >= 15 is 0 Å².